The average Bonchev–Trinajstić information content (AvgIpc) is 2.76. The van der Waals surface area contributed by atoms with Crippen molar-refractivity contribution in [2.75, 3.05) is 0 Å². The molecule has 0 saturated heterocycles. The molecule has 86 valence electrons. The van der Waals surface area contributed by atoms with Gasteiger partial charge in [-0.3, -0.25) is 12.2 Å². The first-order chi connectivity index (χ1) is 6.95. The van der Waals surface area contributed by atoms with Gasteiger partial charge in [-0.15, -0.1) is 13.3 Å². The van der Waals surface area contributed by atoms with Crippen molar-refractivity contribution in [2.24, 2.45) is 5.41 Å². The molecule has 1 heteroatoms. The average molecular weight is 381 g/mol. The Morgan fingerprint density at radius 2 is 1.88 bits per heavy atom. The Morgan fingerprint density at radius 1 is 1.25 bits per heavy atom. The molecule has 16 heavy (non-hydrogen) atoms. The van der Waals surface area contributed by atoms with E-state index in [1.807, 2.05) is 12.2 Å². The zero-order valence-corrected chi connectivity index (χ0v) is 14.5. The maximum absolute atomic E-state index is 3.44. The van der Waals surface area contributed by atoms with Crippen LogP contribution in [-0.2, 0) is 25.8 Å². The van der Waals surface area contributed by atoms with Gasteiger partial charge < -0.3 is 2.85 Å². The molecule has 0 spiro atoms. The van der Waals surface area contributed by atoms with Gasteiger partial charge >= 0.3 is 25.8 Å². The van der Waals surface area contributed by atoms with Crippen molar-refractivity contribution in [3.8, 4) is 0 Å². The summed E-state index contributed by atoms with van der Waals surface area (Å²) in [5.74, 6) is 0. The van der Waals surface area contributed by atoms with E-state index in [1.54, 1.807) is 0 Å². The number of hydrogen-bond donors (Lipinski definition) is 0. The monoisotopic (exact) mass is 382 g/mol. The third-order valence-electron chi connectivity index (χ3n) is 3.15. The second-order valence-electron chi connectivity index (χ2n) is 4.63. The van der Waals surface area contributed by atoms with Gasteiger partial charge in [0.25, 0.3) is 0 Å². The van der Waals surface area contributed by atoms with E-state index in [1.165, 1.54) is 16.7 Å². The largest absolute Gasteiger partial charge is 4.00 e. The Labute approximate surface area is 122 Å². The molecule has 0 aromatic heterocycles. The molecular weight excluding hydrogens is 359 g/mol. The molecule has 0 unspecified atom stereocenters. The second-order valence-corrected chi connectivity index (χ2v) is 4.63. The molecule has 0 aromatic rings. The van der Waals surface area contributed by atoms with Crippen LogP contribution in [-0.4, -0.2) is 0 Å². The minimum Gasteiger partial charge on any atom is -1.00 e. The van der Waals surface area contributed by atoms with E-state index in [9.17, 15) is 0 Å². The van der Waals surface area contributed by atoms with Crippen LogP contribution in [0, 0.1) is 17.6 Å². The second kappa shape index (κ2) is 6.54. The minimum absolute atomic E-state index is 0. The fourth-order valence-electron chi connectivity index (χ4n) is 1.75. The summed E-state index contributed by atoms with van der Waals surface area (Å²) in [6.07, 6.45) is 13.4. The number of hydrogen-bond acceptors (Lipinski definition) is 0. The van der Waals surface area contributed by atoms with Crippen molar-refractivity contribution in [3.05, 3.63) is 47.1 Å². The van der Waals surface area contributed by atoms with Gasteiger partial charge in [-0.1, -0.05) is 33.1 Å². The van der Waals surface area contributed by atoms with Crippen LogP contribution >= 0.6 is 0 Å². The van der Waals surface area contributed by atoms with Crippen LogP contribution in [0.15, 0.2) is 34.9 Å². The van der Waals surface area contributed by atoms with Crippen LogP contribution in [0.1, 0.15) is 43.9 Å². The summed E-state index contributed by atoms with van der Waals surface area (Å²) in [6.45, 7) is 10.9. The smallest absolute Gasteiger partial charge is 1.00 e. The van der Waals surface area contributed by atoms with E-state index >= 15 is 0 Å². The van der Waals surface area contributed by atoms with Crippen LogP contribution in [0.2, 0.25) is 0 Å². The molecular formula is C15H22Hf. The van der Waals surface area contributed by atoms with E-state index in [-0.39, 0.29) is 34.1 Å². The van der Waals surface area contributed by atoms with Crippen LogP contribution in [0.4, 0.5) is 0 Å². The molecule has 2 aliphatic carbocycles. The zero-order valence-electron chi connectivity index (χ0n) is 12.9. The van der Waals surface area contributed by atoms with E-state index in [2.05, 4.69) is 52.8 Å². The van der Waals surface area contributed by atoms with Gasteiger partial charge in [0.2, 0.25) is 0 Å². The molecule has 0 aromatic carbocycles. The van der Waals surface area contributed by atoms with Crippen LogP contribution in [0.5, 0.6) is 0 Å². The summed E-state index contributed by atoms with van der Waals surface area (Å²) >= 11 is 0. The molecule has 0 bridgehead atoms. The van der Waals surface area contributed by atoms with Gasteiger partial charge in [0.15, 0.2) is 0 Å². The van der Waals surface area contributed by atoms with Crippen molar-refractivity contribution in [3.63, 3.8) is 0 Å². The molecule has 0 atom stereocenters. The van der Waals surface area contributed by atoms with Gasteiger partial charge in [0, 0.05) is 0 Å². The summed E-state index contributed by atoms with van der Waals surface area (Å²) in [5, 5.41) is 0. The summed E-state index contributed by atoms with van der Waals surface area (Å²) in [7, 11) is 0. The molecule has 2 aliphatic rings. The van der Waals surface area contributed by atoms with Gasteiger partial charge in [-0.05, 0) is 0 Å². The predicted molar refractivity (Wildman–Crippen MR) is 68.4 cm³/mol. The van der Waals surface area contributed by atoms with Crippen molar-refractivity contribution in [2.45, 2.75) is 41.0 Å². The topological polar surface area (TPSA) is 0 Å². The molecule has 0 N–H and O–H groups in total. The van der Waals surface area contributed by atoms with Crippen molar-refractivity contribution in [1.29, 1.82) is 0 Å². The van der Waals surface area contributed by atoms with Crippen LogP contribution in [0.25, 0.3) is 0 Å². The van der Waals surface area contributed by atoms with Gasteiger partial charge in [-0.25, -0.2) is 17.7 Å². The Balaban J connectivity index is -0.000000245. The summed E-state index contributed by atoms with van der Waals surface area (Å²) in [4.78, 5) is 0. The summed E-state index contributed by atoms with van der Waals surface area (Å²) in [6, 6.07) is 0. The van der Waals surface area contributed by atoms with Gasteiger partial charge in [0.1, 0.15) is 0 Å². The maximum atomic E-state index is 3.44. The van der Waals surface area contributed by atoms with Gasteiger partial charge in [0.05, 0.1) is 0 Å². The molecule has 0 radical (unpaired) electrons. The van der Waals surface area contributed by atoms with E-state index in [0.717, 1.165) is 6.42 Å². The molecule has 2 rings (SSSR count). The summed E-state index contributed by atoms with van der Waals surface area (Å²) < 4.78 is 0. The fraction of sp³-hybridized carbons (Fsp3) is 0.467. The van der Waals surface area contributed by atoms with Crippen molar-refractivity contribution in [1.82, 2.24) is 0 Å². The maximum Gasteiger partial charge on any atom is 4.00 e. The fourth-order valence-corrected chi connectivity index (χ4v) is 1.75. The molecule has 0 nitrogen and oxygen atoms in total. The van der Waals surface area contributed by atoms with Crippen LogP contribution < -0.4 is 0 Å². The standard InChI is InChI=1S/C10H15.C5H5.Hf.2H/c1-7-6-10(4,5)9(3)8(7)2;1-2-4-5-3-1;;;/h1-5H3;1-3H,4H2;;;/q2*-1;+4;2*-1. The van der Waals surface area contributed by atoms with Crippen molar-refractivity contribution < 1.29 is 28.7 Å². The molecule has 0 aliphatic heterocycles. The predicted octanol–water partition coefficient (Wildman–Crippen LogP) is 4.64. The third-order valence-corrected chi connectivity index (χ3v) is 3.15. The van der Waals surface area contributed by atoms with E-state index < -0.39 is 0 Å². The molecule has 0 saturated carbocycles. The van der Waals surface area contributed by atoms with Gasteiger partial charge in [-0.2, -0.15) is 17.2 Å². The third kappa shape index (κ3) is 4.01. The molecule has 0 fully saturated rings. The van der Waals surface area contributed by atoms with Crippen molar-refractivity contribution >= 4 is 0 Å². The minimum atomic E-state index is 0. The molecule has 0 heterocycles. The van der Waals surface area contributed by atoms with E-state index in [0.29, 0.717) is 0 Å². The molecule has 0 amide bonds. The van der Waals surface area contributed by atoms with Crippen LogP contribution in [0.3, 0.4) is 0 Å². The normalized spacial score (nSPS) is 20.2. The Hall–Kier alpha value is -0.170. The number of rotatable bonds is 0. The first kappa shape index (κ1) is 15.8. The Kier molecular flexibility index (Phi) is 6.47. The number of allylic oxidation sites excluding steroid dienone is 8. The first-order valence-corrected chi connectivity index (χ1v) is 5.47. The Bertz CT molecular complexity index is 351. The zero-order chi connectivity index (χ0) is 11.5. The summed E-state index contributed by atoms with van der Waals surface area (Å²) in [5.41, 5.74) is 4.39. The quantitative estimate of drug-likeness (QED) is 0.424. The Morgan fingerprint density at radius 3 is 2.00 bits per heavy atom. The van der Waals surface area contributed by atoms with E-state index in [4.69, 9.17) is 0 Å². The SMILES string of the molecule is CC1=[C-]C(C)(C)C(C)=C1C.[C-]1=CC=CC1.[H-].[H-].[Hf+4]. The first-order valence-electron chi connectivity index (χ1n) is 5.47.